The molecular weight excluding hydrogens is 534 g/mol. The predicted octanol–water partition coefficient (Wildman–Crippen LogP) is 5.40. The van der Waals surface area contributed by atoms with Crippen LogP contribution in [0.4, 0.5) is 4.79 Å². The van der Waals surface area contributed by atoms with Crippen molar-refractivity contribution in [3.63, 3.8) is 0 Å². The Hall–Kier alpha value is -2.65. The lowest BCUT2D eigenvalue weighted by molar-refractivity contribution is -0.0626. The summed E-state index contributed by atoms with van der Waals surface area (Å²) in [5.74, 6) is 0.914. The van der Waals surface area contributed by atoms with Gasteiger partial charge in [0, 0.05) is 43.0 Å². The molecule has 1 saturated carbocycles. The van der Waals surface area contributed by atoms with Gasteiger partial charge in [-0.1, -0.05) is 12.1 Å². The monoisotopic (exact) mass is 567 g/mol. The number of fused-ring (bicyclic) bond motifs is 1. The second-order valence-corrected chi connectivity index (χ2v) is 12.9. The Bertz CT molecular complexity index is 1300. The second-order valence-electron chi connectivity index (χ2n) is 12.0. The van der Waals surface area contributed by atoms with E-state index in [9.17, 15) is 4.79 Å². The smallest absolute Gasteiger partial charge is 0.410 e. The number of ether oxygens (including phenoxy) is 2. The lowest BCUT2D eigenvalue weighted by atomic mass is 9.72. The average molecular weight is 569 g/mol. The number of amides is 1. The van der Waals surface area contributed by atoms with Crippen molar-refractivity contribution in [2.24, 2.45) is 5.41 Å². The summed E-state index contributed by atoms with van der Waals surface area (Å²) in [5.41, 5.74) is 2.66. The van der Waals surface area contributed by atoms with Crippen LogP contribution in [0.25, 0.3) is 16.8 Å². The van der Waals surface area contributed by atoms with Gasteiger partial charge in [0.2, 0.25) is 0 Å². The lowest BCUT2D eigenvalue weighted by Crippen LogP contribution is -2.62. The molecule has 1 aliphatic carbocycles. The van der Waals surface area contributed by atoms with E-state index in [1.807, 2.05) is 38.1 Å². The number of hydrogen-bond acceptors (Lipinski definition) is 6. The third-order valence-corrected chi connectivity index (χ3v) is 8.34. The molecule has 0 atom stereocenters. The molecule has 0 N–H and O–H groups in total. The molecule has 2 saturated heterocycles. The topological polar surface area (TPSA) is 72.2 Å². The highest BCUT2D eigenvalue weighted by Gasteiger charge is 2.51. The number of halogens is 1. The molecule has 3 aliphatic rings. The molecule has 37 heavy (non-hydrogen) atoms. The van der Waals surface area contributed by atoms with Crippen LogP contribution in [0.3, 0.4) is 0 Å². The minimum Gasteiger partial charge on any atom is -0.486 e. The van der Waals surface area contributed by atoms with E-state index in [0.29, 0.717) is 0 Å². The summed E-state index contributed by atoms with van der Waals surface area (Å²) < 4.78 is 14.7. The predicted molar refractivity (Wildman–Crippen MR) is 145 cm³/mol. The fourth-order valence-corrected chi connectivity index (χ4v) is 5.90. The molecule has 6 rings (SSSR count). The number of nitrogens with zero attached hydrogens (tertiary/aromatic N) is 5. The van der Waals surface area contributed by atoms with Crippen molar-refractivity contribution in [3.8, 4) is 16.9 Å². The van der Waals surface area contributed by atoms with E-state index >= 15 is 0 Å². The van der Waals surface area contributed by atoms with Gasteiger partial charge >= 0.3 is 6.09 Å². The highest BCUT2D eigenvalue weighted by molar-refractivity contribution is 9.10. The van der Waals surface area contributed by atoms with E-state index < -0.39 is 5.60 Å². The van der Waals surface area contributed by atoms with E-state index in [2.05, 4.69) is 55.2 Å². The maximum Gasteiger partial charge on any atom is 0.410 e. The van der Waals surface area contributed by atoms with Crippen LogP contribution in [0.2, 0.25) is 0 Å². The Morgan fingerprint density at radius 3 is 2.38 bits per heavy atom. The first-order chi connectivity index (χ1) is 17.6. The van der Waals surface area contributed by atoms with Crippen LogP contribution in [0.5, 0.6) is 5.75 Å². The lowest BCUT2D eigenvalue weighted by Gasteiger charge is -2.53. The van der Waals surface area contributed by atoms with Gasteiger partial charge in [-0.25, -0.2) is 14.3 Å². The van der Waals surface area contributed by atoms with Gasteiger partial charge in [-0.05, 0) is 93.2 Å². The normalized spacial score (nSPS) is 20.6. The van der Waals surface area contributed by atoms with Gasteiger partial charge in [-0.15, -0.1) is 0 Å². The third kappa shape index (κ3) is 5.21. The summed E-state index contributed by atoms with van der Waals surface area (Å²) >= 11 is 3.47. The first-order valence-corrected chi connectivity index (χ1v) is 13.9. The number of likely N-dealkylation sites (tertiary alicyclic amines) is 2. The Balaban J connectivity index is 1.01. The number of carbonyl (C=O) groups is 1. The van der Waals surface area contributed by atoms with Gasteiger partial charge < -0.3 is 14.4 Å². The number of aromatic nitrogens is 3. The Morgan fingerprint density at radius 1 is 1.03 bits per heavy atom. The van der Waals surface area contributed by atoms with Crippen molar-refractivity contribution in [3.05, 3.63) is 47.3 Å². The van der Waals surface area contributed by atoms with Crippen LogP contribution >= 0.6 is 15.9 Å². The van der Waals surface area contributed by atoms with Gasteiger partial charge in [0.25, 0.3) is 0 Å². The van der Waals surface area contributed by atoms with Crippen LogP contribution in [0, 0.1) is 5.41 Å². The fraction of sp³-hybridized carbons (Fsp3) is 0.536. The molecule has 2 aliphatic heterocycles. The second kappa shape index (κ2) is 8.98. The third-order valence-electron chi connectivity index (χ3n) is 7.78. The summed E-state index contributed by atoms with van der Waals surface area (Å²) in [6.45, 7) is 10.5. The minimum absolute atomic E-state index is 0.0734. The van der Waals surface area contributed by atoms with E-state index in [0.717, 1.165) is 85.4 Å². The van der Waals surface area contributed by atoms with Gasteiger partial charge in [-0.2, -0.15) is 5.10 Å². The van der Waals surface area contributed by atoms with Gasteiger partial charge in [0.15, 0.2) is 5.65 Å². The average Bonchev–Trinajstić information content (AvgIpc) is 3.49. The summed E-state index contributed by atoms with van der Waals surface area (Å²) in [7, 11) is 0. The Kier molecular flexibility index (Phi) is 5.99. The van der Waals surface area contributed by atoms with Gasteiger partial charge in [0.05, 0.1) is 10.7 Å². The number of benzene rings is 1. The zero-order valence-corrected chi connectivity index (χ0v) is 23.3. The number of rotatable bonds is 5. The molecule has 3 aromatic rings. The van der Waals surface area contributed by atoms with Crippen LogP contribution < -0.4 is 4.74 Å². The molecule has 0 unspecified atom stereocenters. The van der Waals surface area contributed by atoms with E-state index in [1.54, 1.807) is 10.7 Å². The van der Waals surface area contributed by atoms with Crippen LogP contribution in [-0.2, 0) is 4.74 Å². The number of carbonyl (C=O) groups excluding carboxylic acids is 1. The largest absolute Gasteiger partial charge is 0.486 e. The maximum atomic E-state index is 12.3. The molecule has 0 bridgehead atoms. The molecular formula is C28H34BrN5O3. The van der Waals surface area contributed by atoms with Crippen LogP contribution in [0.1, 0.15) is 46.5 Å². The number of hydrogen-bond donors (Lipinski definition) is 0. The summed E-state index contributed by atoms with van der Waals surface area (Å²) in [5, 5.41) is 4.33. The molecule has 1 spiro atoms. The molecule has 196 valence electrons. The van der Waals surface area contributed by atoms with Crippen molar-refractivity contribution in [2.45, 2.75) is 57.7 Å². The van der Waals surface area contributed by atoms with Crippen LogP contribution in [0.15, 0.2) is 47.3 Å². The summed E-state index contributed by atoms with van der Waals surface area (Å²) in [6.07, 6.45) is 9.88. The van der Waals surface area contributed by atoms with Crippen LogP contribution in [-0.4, -0.2) is 74.4 Å². The Labute approximate surface area is 226 Å². The molecule has 4 heterocycles. The molecule has 3 fully saturated rings. The van der Waals surface area contributed by atoms with Crippen molar-refractivity contribution >= 4 is 27.7 Å². The van der Waals surface area contributed by atoms with E-state index in [4.69, 9.17) is 9.47 Å². The quantitative estimate of drug-likeness (QED) is 0.411. The minimum atomic E-state index is -0.439. The van der Waals surface area contributed by atoms with E-state index in [1.165, 1.54) is 0 Å². The Morgan fingerprint density at radius 2 is 1.73 bits per heavy atom. The molecule has 8 nitrogen and oxygen atoms in total. The zero-order chi connectivity index (χ0) is 25.8. The van der Waals surface area contributed by atoms with Crippen molar-refractivity contribution in [1.82, 2.24) is 24.4 Å². The van der Waals surface area contributed by atoms with Crippen molar-refractivity contribution < 1.29 is 14.3 Å². The molecule has 9 heteroatoms. The SMILES string of the molecule is CC(C)(C)OC(=O)N1CC2(CCN(CC3(Oc4ccc(-c5cnc6c(Br)cnn6c5)cc4)CC3)CC2)C1. The molecule has 2 aromatic heterocycles. The maximum absolute atomic E-state index is 12.3. The fourth-order valence-electron chi connectivity index (χ4n) is 5.52. The first-order valence-electron chi connectivity index (χ1n) is 13.1. The van der Waals surface area contributed by atoms with Crippen molar-refractivity contribution in [1.29, 1.82) is 0 Å². The van der Waals surface area contributed by atoms with E-state index in [-0.39, 0.29) is 17.1 Å². The standard InChI is InChI=1S/C28H34BrN5O3/c1-26(2,3)37-25(35)33-17-27(18-33)10-12-32(13-11-27)19-28(8-9-28)36-22-6-4-20(5-7-22)21-14-30-24-23(29)15-31-34(24)16-21/h4-7,14-16H,8-13,17-19H2,1-3H3. The van der Waals surface area contributed by atoms with Gasteiger partial charge in [-0.3, -0.25) is 4.90 Å². The van der Waals surface area contributed by atoms with Crippen molar-refractivity contribution in [2.75, 3.05) is 32.7 Å². The molecule has 1 aromatic carbocycles. The highest BCUT2D eigenvalue weighted by Crippen LogP contribution is 2.45. The molecule has 0 radical (unpaired) electrons. The first kappa shape index (κ1) is 24.7. The van der Waals surface area contributed by atoms with Gasteiger partial charge in [0.1, 0.15) is 17.0 Å². The number of piperidine rings is 1. The highest BCUT2D eigenvalue weighted by atomic mass is 79.9. The summed E-state index contributed by atoms with van der Waals surface area (Å²) in [6, 6.07) is 8.29. The molecule has 1 amide bonds. The zero-order valence-electron chi connectivity index (χ0n) is 21.7. The summed E-state index contributed by atoms with van der Waals surface area (Å²) in [4.78, 5) is 21.2.